The zero-order valence-corrected chi connectivity index (χ0v) is 13.5. The molecule has 1 fully saturated rings. The van der Waals surface area contributed by atoms with Gasteiger partial charge in [0.2, 0.25) is 0 Å². The van der Waals surface area contributed by atoms with Crippen LogP contribution in [0.2, 0.25) is 0 Å². The van der Waals surface area contributed by atoms with E-state index in [4.69, 9.17) is 10.6 Å². The van der Waals surface area contributed by atoms with Gasteiger partial charge >= 0.3 is 0 Å². The number of hydrogen-bond donors (Lipinski definition) is 2. The predicted molar refractivity (Wildman–Crippen MR) is 86.5 cm³/mol. The highest BCUT2D eigenvalue weighted by Gasteiger charge is 2.15. The van der Waals surface area contributed by atoms with Crippen LogP contribution < -0.4 is 11.3 Å². The first-order valence-corrected chi connectivity index (χ1v) is 8.94. The van der Waals surface area contributed by atoms with E-state index < -0.39 is 0 Å². The summed E-state index contributed by atoms with van der Waals surface area (Å²) >= 11 is 0. The zero-order valence-electron chi connectivity index (χ0n) is 13.5. The van der Waals surface area contributed by atoms with Crippen molar-refractivity contribution in [3.63, 3.8) is 0 Å². The molecule has 3 heteroatoms. The fourth-order valence-electron chi connectivity index (χ4n) is 3.08. The van der Waals surface area contributed by atoms with Gasteiger partial charge in [-0.1, -0.05) is 51.9 Å². The molecule has 0 bridgehead atoms. The Morgan fingerprint density at radius 1 is 1.05 bits per heavy atom. The molecule has 0 radical (unpaired) electrons. The molecule has 3 N–H and O–H groups in total. The first-order valence-electron chi connectivity index (χ1n) is 8.94. The second kappa shape index (κ2) is 12.6. The van der Waals surface area contributed by atoms with Crippen LogP contribution in [0.1, 0.15) is 90.4 Å². The molecule has 1 rings (SSSR count). The maximum atomic E-state index is 5.78. The molecule has 1 heterocycles. The van der Waals surface area contributed by atoms with Gasteiger partial charge in [0, 0.05) is 12.6 Å². The van der Waals surface area contributed by atoms with Crippen LogP contribution in [0.25, 0.3) is 0 Å². The summed E-state index contributed by atoms with van der Waals surface area (Å²) in [4.78, 5) is 0. The lowest BCUT2D eigenvalue weighted by molar-refractivity contribution is 0.00840. The third kappa shape index (κ3) is 8.93. The normalized spacial score (nSPS) is 21.0. The molecule has 1 aliphatic heterocycles. The molecule has 0 aromatic heterocycles. The van der Waals surface area contributed by atoms with Crippen LogP contribution in [0.3, 0.4) is 0 Å². The van der Waals surface area contributed by atoms with E-state index in [2.05, 4.69) is 12.3 Å². The molecule has 1 aliphatic rings. The number of unbranched alkanes of at least 4 members (excludes halogenated alkanes) is 6. The average Bonchev–Trinajstić information content (AvgIpc) is 2.50. The van der Waals surface area contributed by atoms with E-state index >= 15 is 0 Å². The molecular formula is C17H36N2O. The molecule has 0 aromatic rings. The Hall–Kier alpha value is -0.120. The minimum absolute atomic E-state index is 0.483. The monoisotopic (exact) mass is 284 g/mol. The topological polar surface area (TPSA) is 47.3 Å². The molecule has 0 amide bonds. The van der Waals surface area contributed by atoms with Gasteiger partial charge in [-0.25, -0.2) is 0 Å². The highest BCUT2D eigenvalue weighted by Crippen LogP contribution is 2.19. The minimum atomic E-state index is 0.483. The Balaban J connectivity index is 1.95. The van der Waals surface area contributed by atoms with Gasteiger partial charge in [0.1, 0.15) is 0 Å². The van der Waals surface area contributed by atoms with Gasteiger partial charge in [0.05, 0.1) is 6.10 Å². The number of nitrogens with two attached hydrogens (primary N) is 1. The van der Waals surface area contributed by atoms with Gasteiger partial charge in [-0.15, -0.1) is 0 Å². The highest BCUT2D eigenvalue weighted by atomic mass is 16.5. The maximum Gasteiger partial charge on any atom is 0.0575 e. The maximum absolute atomic E-state index is 5.78. The summed E-state index contributed by atoms with van der Waals surface area (Å²) in [6.45, 7) is 3.23. The molecule has 0 aliphatic carbocycles. The lowest BCUT2D eigenvalue weighted by Crippen LogP contribution is -2.36. The van der Waals surface area contributed by atoms with Crippen molar-refractivity contribution in [2.45, 2.75) is 103 Å². The van der Waals surface area contributed by atoms with Crippen LogP contribution in [0.4, 0.5) is 0 Å². The quantitative estimate of drug-likeness (QED) is 0.319. The third-order valence-electron chi connectivity index (χ3n) is 4.50. The van der Waals surface area contributed by atoms with E-state index in [1.807, 2.05) is 0 Å². The minimum Gasteiger partial charge on any atom is -0.378 e. The van der Waals surface area contributed by atoms with Crippen LogP contribution >= 0.6 is 0 Å². The van der Waals surface area contributed by atoms with Crippen LogP contribution in [0.15, 0.2) is 0 Å². The smallest absolute Gasteiger partial charge is 0.0575 e. The van der Waals surface area contributed by atoms with E-state index in [9.17, 15) is 0 Å². The lowest BCUT2D eigenvalue weighted by Gasteiger charge is -2.24. The van der Waals surface area contributed by atoms with Crippen molar-refractivity contribution in [1.82, 2.24) is 5.43 Å². The number of rotatable bonds is 12. The van der Waals surface area contributed by atoms with E-state index in [1.165, 1.54) is 77.0 Å². The van der Waals surface area contributed by atoms with Crippen molar-refractivity contribution in [3.05, 3.63) is 0 Å². The molecule has 20 heavy (non-hydrogen) atoms. The molecule has 2 unspecified atom stereocenters. The number of hydrazine groups is 1. The molecule has 0 saturated carbocycles. The van der Waals surface area contributed by atoms with Crippen molar-refractivity contribution in [1.29, 1.82) is 0 Å². The Morgan fingerprint density at radius 3 is 2.45 bits per heavy atom. The molecule has 120 valence electrons. The fourth-order valence-corrected chi connectivity index (χ4v) is 3.08. The Kier molecular flexibility index (Phi) is 11.3. The van der Waals surface area contributed by atoms with Crippen molar-refractivity contribution in [2.75, 3.05) is 6.61 Å². The summed E-state index contributed by atoms with van der Waals surface area (Å²) in [5.74, 6) is 5.68. The summed E-state index contributed by atoms with van der Waals surface area (Å²) in [5, 5.41) is 0. The predicted octanol–water partition coefficient (Wildman–Crippen LogP) is 4.31. The average molecular weight is 284 g/mol. The zero-order chi connectivity index (χ0) is 14.5. The molecule has 2 atom stereocenters. The summed E-state index contributed by atoms with van der Waals surface area (Å²) in [7, 11) is 0. The summed E-state index contributed by atoms with van der Waals surface area (Å²) in [5.41, 5.74) is 3.00. The second-order valence-corrected chi connectivity index (χ2v) is 6.34. The van der Waals surface area contributed by atoms with E-state index in [-0.39, 0.29) is 0 Å². The molecule has 0 aromatic carbocycles. The third-order valence-corrected chi connectivity index (χ3v) is 4.50. The molecular weight excluding hydrogens is 248 g/mol. The first kappa shape index (κ1) is 17.9. The molecule has 3 nitrogen and oxygen atoms in total. The van der Waals surface area contributed by atoms with Crippen LogP contribution in [-0.2, 0) is 4.74 Å². The number of ether oxygens (including phenoxy) is 1. The standard InChI is InChI=1S/C17H36N2O/c1-2-3-4-5-6-7-8-11-16(19-18)13-14-17-12-9-10-15-20-17/h16-17,19H,2-15,18H2,1H3. The van der Waals surface area contributed by atoms with Gasteiger partial charge in [-0.3, -0.25) is 11.3 Å². The first-order chi connectivity index (χ1) is 9.86. The fraction of sp³-hybridized carbons (Fsp3) is 1.00. The van der Waals surface area contributed by atoms with Crippen molar-refractivity contribution in [2.24, 2.45) is 5.84 Å². The van der Waals surface area contributed by atoms with E-state index in [1.54, 1.807) is 0 Å². The molecule has 0 spiro atoms. The van der Waals surface area contributed by atoms with Gasteiger partial charge in [-0.2, -0.15) is 0 Å². The Morgan fingerprint density at radius 2 is 1.80 bits per heavy atom. The summed E-state index contributed by atoms with van der Waals surface area (Å²) < 4.78 is 5.78. The van der Waals surface area contributed by atoms with Crippen LogP contribution in [0.5, 0.6) is 0 Å². The van der Waals surface area contributed by atoms with E-state index in [0.717, 1.165) is 13.0 Å². The second-order valence-electron chi connectivity index (χ2n) is 6.34. The van der Waals surface area contributed by atoms with Crippen LogP contribution in [0, 0.1) is 0 Å². The number of hydrogen-bond acceptors (Lipinski definition) is 3. The van der Waals surface area contributed by atoms with Crippen LogP contribution in [-0.4, -0.2) is 18.8 Å². The number of nitrogens with one attached hydrogen (secondary N) is 1. The Labute approximate surface area is 126 Å². The van der Waals surface area contributed by atoms with Gasteiger partial charge in [0.15, 0.2) is 0 Å². The molecule has 1 saturated heterocycles. The summed E-state index contributed by atoms with van der Waals surface area (Å²) in [6, 6.07) is 0.483. The van der Waals surface area contributed by atoms with Gasteiger partial charge in [0.25, 0.3) is 0 Å². The van der Waals surface area contributed by atoms with Crippen molar-refractivity contribution >= 4 is 0 Å². The highest BCUT2D eigenvalue weighted by molar-refractivity contribution is 4.70. The van der Waals surface area contributed by atoms with Crippen molar-refractivity contribution < 1.29 is 4.74 Å². The van der Waals surface area contributed by atoms with E-state index in [0.29, 0.717) is 12.1 Å². The summed E-state index contributed by atoms with van der Waals surface area (Å²) in [6.07, 6.45) is 17.5. The lowest BCUT2D eigenvalue weighted by atomic mass is 9.98. The SMILES string of the molecule is CCCCCCCCCC(CCC1CCCCO1)NN. The van der Waals surface area contributed by atoms with Crippen molar-refractivity contribution in [3.8, 4) is 0 Å². The van der Waals surface area contributed by atoms with Gasteiger partial charge in [-0.05, 0) is 38.5 Å². The largest absolute Gasteiger partial charge is 0.378 e. The van der Waals surface area contributed by atoms with Gasteiger partial charge < -0.3 is 4.74 Å². The Bertz CT molecular complexity index is 205.